The second-order valence-electron chi connectivity index (χ2n) is 3.70. The van der Waals surface area contributed by atoms with E-state index >= 15 is 0 Å². The molecule has 1 atom stereocenters. The number of methoxy groups -OCH3 is 1. The lowest BCUT2D eigenvalue weighted by molar-refractivity contribution is -0.138. The molecule has 1 rings (SSSR count). The fourth-order valence-electron chi connectivity index (χ4n) is 1.61. The summed E-state index contributed by atoms with van der Waals surface area (Å²) in [5.74, 6) is -2.77. The molecule has 0 bridgehead atoms. The summed E-state index contributed by atoms with van der Waals surface area (Å²) in [6.45, 7) is -0.309. The van der Waals surface area contributed by atoms with Crippen LogP contribution in [-0.4, -0.2) is 24.7 Å². The predicted molar refractivity (Wildman–Crippen MR) is 62.4 cm³/mol. The van der Waals surface area contributed by atoms with Crippen molar-refractivity contribution in [3.63, 3.8) is 0 Å². The van der Waals surface area contributed by atoms with Crippen molar-refractivity contribution in [3.05, 3.63) is 28.3 Å². The van der Waals surface area contributed by atoms with Crippen LogP contribution in [0.1, 0.15) is 17.0 Å². The van der Waals surface area contributed by atoms with E-state index in [1.807, 2.05) is 0 Å². The second kappa shape index (κ2) is 5.66. The molecule has 1 aromatic rings. The van der Waals surface area contributed by atoms with E-state index in [0.29, 0.717) is 12.1 Å². The molecule has 0 spiro atoms. The quantitative estimate of drug-likeness (QED) is 0.895. The van der Waals surface area contributed by atoms with Gasteiger partial charge in [-0.05, 0) is 12.1 Å². The summed E-state index contributed by atoms with van der Waals surface area (Å²) in [5.41, 5.74) is 4.23. The number of hydrogen-bond donors (Lipinski definition) is 2. The molecule has 0 aliphatic carbocycles. The van der Waals surface area contributed by atoms with E-state index in [4.69, 9.17) is 27.2 Å². The molecule has 0 aromatic heterocycles. The van der Waals surface area contributed by atoms with Crippen LogP contribution in [0.5, 0.6) is 5.75 Å². The Morgan fingerprint density at radius 3 is 2.47 bits per heavy atom. The molecule has 0 radical (unpaired) electrons. The van der Waals surface area contributed by atoms with Gasteiger partial charge in [0.25, 0.3) is 0 Å². The van der Waals surface area contributed by atoms with Gasteiger partial charge in [-0.2, -0.15) is 13.2 Å². The van der Waals surface area contributed by atoms with Gasteiger partial charge in [0.15, 0.2) is 0 Å². The standard InChI is InChI=1S/C11H11ClF3NO3/c1-19-8-3-5(11(13,14)15)2-7(12)9(8)6(4-16)10(17)18/h2-3,6H,4,16H2,1H3,(H,17,18). The SMILES string of the molecule is COc1cc(C(F)(F)F)cc(Cl)c1C(CN)C(=O)O. The minimum atomic E-state index is -4.60. The summed E-state index contributed by atoms with van der Waals surface area (Å²) < 4.78 is 42.6. The molecule has 106 valence electrons. The van der Waals surface area contributed by atoms with Crippen molar-refractivity contribution in [2.24, 2.45) is 5.73 Å². The maximum atomic E-state index is 12.6. The van der Waals surface area contributed by atoms with Gasteiger partial charge >= 0.3 is 12.1 Å². The molecule has 0 amide bonds. The summed E-state index contributed by atoms with van der Waals surface area (Å²) in [4.78, 5) is 11.0. The highest BCUT2D eigenvalue weighted by molar-refractivity contribution is 6.32. The van der Waals surface area contributed by atoms with Gasteiger partial charge in [-0.25, -0.2) is 0 Å². The molecule has 1 unspecified atom stereocenters. The van der Waals surface area contributed by atoms with E-state index in [0.717, 1.165) is 7.11 Å². The first kappa shape index (κ1) is 15.6. The molecule has 8 heteroatoms. The van der Waals surface area contributed by atoms with Gasteiger partial charge < -0.3 is 15.6 Å². The summed E-state index contributed by atoms with van der Waals surface area (Å²) in [6, 6.07) is 1.36. The molecular weight excluding hydrogens is 287 g/mol. The Labute approximate surface area is 111 Å². The van der Waals surface area contributed by atoms with Crippen LogP contribution in [0, 0.1) is 0 Å². The smallest absolute Gasteiger partial charge is 0.416 e. The molecule has 19 heavy (non-hydrogen) atoms. The molecule has 0 heterocycles. The van der Waals surface area contributed by atoms with Crippen molar-refractivity contribution < 1.29 is 27.8 Å². The Morgan fingerprint density at radius 2 is 2.11 bits per heavy atom. The molecule has 0 aliphatic heterocycles. The second-order valence-corrected chi connectivity index (χ2v) is 4.11. The van der Waals surface area contributed by atoms with Crippen LogP contribution in [0.3, 0.4) is 0 Å². The number of carboxylic acid groups (broad SMARTS) is 1. The molecule has 0 fully saturated rings. The van der Waals surface area contributed by atoms with E-state index < -0.39 is 23.6 Å². The maximum absolute atomic E-state index is 12.6. The molecule has 3 N–H and O–H groups in total. The van der Waals surface area contributed by atoms with Crippen molar-refractivity contribution >= 4 is 17.6 Å². The normalized spacial score (nSPS) is 13.2. The first-order valence-electron chi connectivity index (χ1n) is 5.09. The Morgan fingerprint density at radius 1 is 1.53 bits per heavy atom. The molecule has 4 nitrogen and oxygen atoms in total. The van der Waals surface area contributed by atoms with E-state index in [9.17, 15) is 18.0 Å². The monoisotopic (exact) mass is 297 g/mol. The fraction of sp³-hybridized carbons (Fsp3) is 0.364. The number of alkyl halides is 3. The van der Waals surface area contributed by atoms with Crippen molar-refractivity contribution in [1.82, 2.24) is 0 Å². The van der Waals surface area contributed by atoms with Gasteiger partial charge in [0, 0.05) is 17.1 Å². The van der Waals surface area contributed by atoms with E-state index in [-0.39, 0.29) is 22.9 Å². The molecule has 0 aliphatic rings. The lowest BCUT2D eigenvalue weighted by Crippen LogP contribution is -2.22. The number of rotatable bonds is 4. The first-order chi connectivity index (χ1) is 8.72. The Balaban J connectivity index is 3.46. The molecule has 0 saturated carbocycles. The number of aliphatic carboxylic acids is 1. The largest absolute Gasteiger partial charge is 0.496 e. The number of benzene rings is 1. The van der Waals surface area contributed by atoms with Crippen LogP contribution >= 0.6 is 11.6 Å². The number of ether oxygens (including phenoxy) is 1. The van der Waals surface area contributed by atoms with Gasteiger partial charge in [-0.1, -0.05) is 11.6 Å². The predicted octanol–water partition coefficient (Wildman–Crippen LogP) is 2.49. The zero-order valence-corrected chi connectivity index (χ0v) is 10.5. The Kier molecular flexibility index (Phi) is 4.65. The fourth-order valence-corrected chi connectivity index (χ4v) is 1.95. The zero-order valence-electron chi connectivity index (χ0n) is 9.79. The van der Waals surface area contributed by atoms with Crippen LogP contribution in [0.15, 0.2) is 12.1 Å². The van der Waals surface area contributed by atoms with Gasteiger partial charge in [-0.15, -0.1) is 0 Å². The van der Waals surface area contributed by atoms with Crippen molar-refractivity contribution in [1.29, 1.82) is 0 Å². The van der Waals surface area contributed by atoms with Gasteiger partial charge in [-0.3, -0.25) is 4.79 Å². The van der Waals surface area contributed by atoms with Crippen LogP contribution in [0.2, 0.25) is 5.02 Å². The number of hydrogen-bond acceptors (Lipinski definition) is 3. The zero-order chi connectivity index (χ0) is 14.8. The number of carbonyl (C=O) groups is 1. The molecular formula is C11H11ClF3NO3. The van der Waals surface area contributed by atoms with Crippen LogP contribution < -0.4 is 10.5 Å². The summed E-state index contributed by atoms with van der Waals surface area (Å²) in [6.07, 6.45) is -4.60. The average molecular weight is 298 g/mol. The van der Waals surface area contributed by atoms with Gasteiger partial charge in [0.05, 0.1) is 18.6 Å². The van der Waals surface area contributed by atoms with Crippen molar-refractivity contribution in [2.75, 3.05) is 13.7 Å². The maximum Gasteiger partial charge on any atom is 0.416 e. The van der Waals surface area contributed by atoms with Crippen LogP contribution in [0.25, 0.3) is 0 Å². The minimum absolute atomic E-state index is 0.0628. The van der Waals surface area contributed by atoms with E-state index in [1.54, 1.807) is 0 Å². The minimum Gasteiger partial charge on any atom is -0.496 e. The summed E-state index contributed by atoms with van der Waals surface area (Å²) in [7, 11) is 1.13. The summed E-state index contributed by atoms with van der Waals surface area (Å²) in [5, 5.41) is 8.64. The number of halogens is 4. The first-order valence-corrected chi connectivity index (χ1v) is 5.47. The van der Waals surface area contributed by atoms with Crippen LogP contribution in [-0.2, 0) is 11.0 Å². The summed E-state index contributed by atoms with van der Waals surface area (Å²) >= 11 is 5.74. The lowest BCUT2D eigenvalue weighted by Gasteiger charge is -2.18. The number of nitrogens with two attached hydrogens (primary N) is 1. The van der Waals surface area contributed by atoms with Gasteiger partial charge in [0.2, 0.25) is 0 Å². The number of carboxylic acids is 1. The third-order valence-electron chi connectivity index (χ3n) is 2.52. The lowest BCUT2D eigenvalue weighted by atomic mass is 9.96. The highest BCUT2D eigenvalue weighted by atomic mass is 35.5. The highest BCUT2D eigenvalue weighted by Crippen LogP contribution is 2.39. The third kappa shape index (κ3) is 3.30. The topological polar surface area (TPSA) is 72.5 Å². The van der Waals surface area contributed by atoms with Crippen molar-refractivity contribution in [2.45, 2.75) is 12.1 Å². The van der Waals surface area contributed by atoms with Crippen molar-refractivity contribution in [3.8, 4) is 5.75 Å². The van der Waals surface area contributed by atoms with E-state index in [1.165, 1.54) is 0 Å². The molecule has 1 aromatic carbocycles. The average Bonchev–Trinajstić information content (AvgIpc) is 2.29. The Bertz CT molecular complexity index is 491. The van der Waals surface area contributed by atoms with Crippen LogP contribution in [0.4, 0.5) is 13.2 Å². The van der Waals surface area contributed by atoms with E-state index in [2.05, 4.69) is 0 Å². The molecule has 0 saturated heterocycles. The Hall–Kier alpha value is -1.47. The highest BCUT2D eigenvalue weighted by Gasteiger charge is 2.34. The van der Waals surface area contributed by atoms with Gasteiger partial charge in [0.1, 0.15) is 5.75 Å². The third-order valence-corrected chi connectivity index (χ3v) is 2.83.